The molecule has 0 fully saturated rings. The number of carbonyl (C=O) groups is 1. The molecule has 2 amide bonds. The predicted octanol–water partition coefficient (Wildman–Crippen LogP) is 5.52. The molecular weight excluding hydrogens is 506 g/mol. The highest BCUT2D eigenvalue weighted by Crippen LogP contribution is 2.27. The molecule has 0 bridgehead atoms. The maximum absolute atomic E-state index is 12.2. The molecule has 0 spiro atoms. The van der Waals surface area contributed by atoms with E-state index in [1.165, 1.54) is 6.33 Å². The molecule has 0 aliphatic heterocycles. The van der Waals surface area contributed by atoms with Crippen molar-refractivity contribution >= 4 is 34.5 Å². The zero-order valence-corrected chi connectivity index (χ0v) is 22.4. The van der Waals surface area contributed by atoms with Crippen molar-refractivity contribution in [1.29, 1.82) is 0 Å². The van der Waals surface area contributed by atoms with E-state index in [4.69, 9.17) is 9.15 Å². The van der Waals surface area contributed by atoms with Crippen molar-refractivity contribution in [3.63, 3.8) is 0 Å². The number of likely N-dealkylation sites (N-methyl/N-ethyl adjacent to an activating group) is 1. The summed E-state index contributed by atoms with van der Waals surface area (Å²) in [6.07, 6.45) is 2.21. The molecule has 0 saturated heterocycles. The predicted molar refractivity (Wildman–Crippen MR) is 157 cm³/mol. The monoisotopic (exact) mass is 537 g/mol. The fourth-order valence-corrected chi connectivity index (χ4v) is 3.94. The minimum Gasteiger partial charge on any atom is -0.492 e. The fourth-order valence-electron chi connectivity index (χ4n) is 3.94. The number of nitrogens with zero attached hydrogens (tertiary/aromatic N) is 4. The largest absolute Gasteiger partial charge is 0.492 e. The first kappa shape index (κ1) is 26.6. The van der Waals surface area contributed by atoms with Gasteiger partial charge in [-0.3, -0.25) is 0 Å². The van der Waals surface area contributed by atoms with Gasteiger partial charge in [0.05, 0.1) is 0 Å². The molecule has 2 aromatic heterocycles. The molecule has 5 rings (SSSR count). The van der Waals surface area contributed by atoms with Crippen LogP contribution in [0.5, 0.6) is 5.75 Å². The number of rotatable bonds is 11. The topological polar surface area (TPSA) is 117 Å². The lowest BCUT2D eigenvalue weighted by atomic mass is 10.1. The molecule has 2 heterocycles. The van der Waals surface area contributed by atoms with Crippen LogP contribution in [0.2, 0.25) is 0 Å². The average Bonchev–Trinajstić information content (AvgIpc) is 3.40. The van der Waals surface area contributed by atoms with Crippen molar-refractivity contribution < 1.29 is 13.9 Å². The van der Waals surface area contributed by atoms with Crippen molar-refractivity contribution in [2.24, 2.45) is 0 Å². The lowest BCUT2D eigenvalue weighted by molar-refractivity contribution is 0.261. The molecule has 3 N–H and O–H groups in total. The SMILES string of the molecule is CN(C)CCOc1ccc(-c2nc3c(NCCc4ccc(NC(=O)Nc5ccccc5)cc4)ncnc3o2)cc1. The highest BCUT2D eigenvalue weighted by atomic mass is 16.5. The molecule has 10 nitrogen and oxygen atoms in total. The highest BCUT2D eigenvalue weighted by molar-refractivity contribution is 5.99. The van der Waals surface area contributed by atoms with Crippen molar-refractivity contribution in [3.8, 4) is 17.2 Å². The number of urea groups is 1. The van der Waals surface area contributed by atoms with E-state index < -0.39 is 0 Å². The van der Waals surface area contributed by atoms with E-state index in [2.05, 4.69) is 35.8 Å². The summed E-state index contributed by atoms with van der Waals surface area (Å²) in [5, 5.41) is 8.98. The second-order valence-corrected chi connectivity index (χ2v) is 9.39. The fraction of sp³-hybridized carbons (Fsp3) is 0.200. The average molecular weight is 538 g/mol. The Labute approximate surface area is 232 Å². The second kappa shape index (κ2) is 12.7. The van der Waals surface area contributed by atoms with Crippen LogP contribution in [0.4, 0.5) is 22.0 Å². The Bertz CT molecular complexity index is 1540. The van der Waals surface area contributed by atoms with E-state index in [0.717, 1.165) is 35.5 Å². The van der Waals surface area contributed by atoms with Gasteiger partial charge in [0.15, 0.2) is 11.3 Å². The summed E-state index contributed by atoms with van der Waals surface area (Å²) in [5.41, 5.74) is 4.39. The van der Waals surface area contributed by atoms with E-state index in [1.807, 2.05) is 93.0 Å². The molecule has 0 aliphatic rings. The number of ether oxygens (including phenoxy) is 1. The van der Waals surface area contributed by atoms with Crippen LogP contribution in [0.3, 0.4) is 0 Å². The molecule has 40 heavy (non-hydrogen) atoms. The number of amides is 2. The van der Waals surface area contributed by atoms with Gasteiger partial charge < -0.3 is 30.0 Å². The molecule has 3 aromatic carbocycles. The first-order chi connectivity index (χ1) is 19.5. The number of hydrogen-bond donors (Lipinski definition) is 3. The van der Waals surface area contributed by atoms with Crippen LogP contribution >= 0.6 is 0 Å². The molecule has 10 heteroatoms. The Morgan fingerprint density at radius 3 is 2.35 bits per heavy atom. The van der Waals surface area contributed by atoms with Crippen molar-refractivity contribution in [2.75, 3.05) is 49.7 Å². The normalized spacial score (nSPS) is 11.0. The zero-order valence-electron chi connectivity index (χ0n) is 22.4. The minimum atomic E-state index is -0.287. The van der Waals surface area contributed by atoms with Crippen LogP contribution in [0.15, 0.2) is 89.6 Å². The second-order valence-electron chi connectivity index (χ2n) is 9.39. The Kier molecular flexibility index (Phi) is 8.47. The number of carbonyl (C=O) groups excluding carboxylic acids is 1. The summed E-state index contributed by atoms with van der Waals surface area (Å²) < 4.78 is 11.7. The first-order valence-electron chi connectivity index (χ1n) is 13.0. The van der Waals surface area contributed by atoms with E-state index in [9.17, 15) is 4.79 Å². The molecule has 204 valence electrons. The zero-order chi connectivity index (χ0) is 27.7. The van der Waals surface area contributed by atoms with Crippen molar-refractivity contribution in [1.82, 2.24) is 19.9 Å². The number of fused-ring (bicyclic) bond motifs is 1. The number of para-hydroxylation sites is 1. The standard InChI is InChI=1S/C30H31N7O3/c1-37(2)18-19-39-25-14-10-22(11-15-25)28-36-26-27(32-20-33-29(26)40-28)31-17-16-21-8-12-24(13-9-21)35-30(38)34-23-6-4-3-5-7-23/h3-15,20H,16-19H2,1-2H3,(H,31,32,33)(H2,34,35,38). The van der Waals surface area contributed by atoms with Gasteiger partial charge in [-0.1, -0.05) is 30.3 Å². The van der Waals surface area contributed by atoms with Crippen LogP contribution in [-0.2, 0) is 6.42 Å². The van der Waals surface area contributed by atoms with Crippen LogP contribution < -0.4 is 20.7 Å². The van der Waals surface area contributed by atoms with Gasteiger partial charge >= 0.3 is 6.03 Å². The smallest absolute Gasteiger partial charge is 0.323 e. The third kappa shape index (κ3) is 7.12. The Balaban J connectivity index is 1.15. The van der Waals surface area contributed by atoms with Crippen LogP contribution in [0.25, 0.3) is 22.7 Å². The lowest BCUT2D eigenvalue weighted by Gasteiger charge is -2.10. The summed E-state index contributed by atoms with van der Waals surface area (Å²) >= 11 is 0. The maximum Gasteiger partial charge on any atom is 0.323 e. The summed E-state index contributed by atoms with van der Waals surface area (Å²) in [5.74, 6) is 1.88. The molecule has 0 saturated carbocycles. The summed E-state index contributed by atoms with van der Waals surface area (Å²) in [6, 6.07) is 24.4. The van der Waals surface area contributed by atoms with Gasteiger partial charge in [0.25, 0.3) is 5.71 Å². The summed E-state index contributed by atoms with van der Waals surface area (Å²) in [7, 11) is 4.02. The van der Waals surface area contributed by atoms with Gasteiger partial charge in [0.1, 0.15) is 18.7 Å². The van der Waals surface area contributed by atoms with Gasteiger partial charge in [0.2, 0.25) is 5.89 Å². The third-order valence-electron chi connectivity index (χ3n) is 6.05. The molecule has 5 aromatic rings. The Morgan fingerprint density at radius 2 is 1.62 bits per heavy atom. The number of oxazole rings is 1. The van der Waals surface area contributed by atoms with Gasteiger partial charge in [-0.25, -0.2) is 14.8 Å². The quantitative estimate of drug-likeness (QED) is 0.202. The molecule has 0 radical (unpaired) electrons. The van der Waals surface area contributed by atoms with Crippen molar-refractivity contribution in [2.45, 2.75) is 6.42 Å². The van der Waals surface area contributed by atoms with Crippen LogP contribution in [0.1, 0.15) is 5.56 Å². The van der Waals surface area contributed by atoms with E-state index in [0.29, 0.717) is 41.8 Å². The number of anilines is 3. The summed E-state index contributed by atoms with van der Waals surface area (Å²) in [6.45, 7) is 2.10. The number of nitrogens with one attached hydrogen (secondary N) is 3. The molecule has 0 atom stereocenters. The molecule has 0 unspecified atom stereocenters. The van der Waals surface area contributed by atoms with E-state index in [-0.39, 0.29) is 6.03 Å². The molecule has 0 aliphatic carbocycles. The van der Waals surface area contributed by atoms with Gasteiger partial charge in [-0.15, -0.1) is 0 Å². The Morgan fingerprint density at radius 1 is 0.900 bits per heavy atom. The Hall–Kier alpha value is -4.96. The number of benzene rings is 3. The minimum absolute atomic E-state index is 0.287. The maximum atomic E-state index is 12.2. The van der Waals surface area contributed by atoms with E-state index in [1.54, 1.807) is 0 Å². The third-order valence-corrected chi connectivity index (χ3v) is 6.05. The molecular formula is C30H31N7O3. The van der Waals surface area contributed by atoms with Gasteiger partial charge in [-0.05, 0) is 74.6 Å². The highest BCUT2D eigenvalue weighted by Gasteiger charge is 2.14. The lowest BCUT2D eigenvalue weighted by Crippen LogP contribution is -2.19. The van der Waals surface area contributed by atoms with Gasteiger partial charge in [0, 0.05) is 30.0 Å². The van der Waals surface area contributed by atoms with Crippen LogP contribution in [0, 0.1) is 0 Å². The van der Waals surface area contributed by atoms with Crippen LogP contribution in [-0.4, -0.2) is 59.7 Å². The first-order valence-corrected chi connectivity index (χ1v) is 13.0. The number of aromatic nitrogens is 3. The van der Waals surface area contributed by atoms with E-state index >= 15 is 0 Å². The van der Waals surface area contributed by atoms with Gasteiger partial charge in [-0.2, -0.15) is 4.98 Å². The summed E-state index contributed by atoms with van der Waals surface area (Å²) in [4.78, 5) is 27.5. The number of hydrogen-bond acceptors (Lipinski definition) is 8. The van der Waals surface area contributed by atoms with Crippen molar-refractivity contribution in [3.05, 3.63) is 90.8 Å².